The molecule has 0 atom stereocenters. The van der Waals surface area contributed by atoms with Crippen LogP contribution >= 0.6 is 11.3 Å². The van der Waals surface area contributed by atoms with Crippen molar-refractivity contribution in [3.63, 3.8) is 0 Å². The van der Waals surface area contributed by atoms with Crippen molar-refractivity contribution in [2.75, 3.05) is 6.54 Å². The lowest BCUT2D eigenvalue weighted by molar-refractivity contribution is 0.0954. The van der Waals surface area contributed by atoms with E-state index in [0.29, 0.717) is 12.1 Å². The fraction of sp³-hybridized carbons (Fsp3) is 0.409. The Labute approximate surface area is 164 Å². The number of hydrogen-bond donors (Lipinski definition) is 1. The molecule has 3 aromatic rings. The predicted molar refractivity (Wildman–Crippen MR) is 111 cm³/mol. The van der Waals surface area contributed by atoms with Gasteiger partial charge >= 0.3 is 0 Å². The van der Waals surface area contributed by atoms with Crippen LogP contribution in [0.2, 0.25) is 0 Å². The summed E-state index contributed by atoms with van der Waals surface area (Å²) in [6.07, 6.45) is 6.74. The van der Waals surface area contributed by atoms with Gasteiger partial charge in [-0.2, -0.15) is 0 Å². The van der Waals surface area contributed by atoms with Gasteiger partial charge in [0.15, 0.2) is 0 Å². The normalized spacial score (nSPS) is 13.6. The van der Waals surface area contributed by atoms with Gasteiger partial charge in [0.05, 0.1) is 21.8 Å². The quantitative estimate of drug-likeness (QED) is 0.662. The number of carbonyl (C=O) groups excluding carboxylic acids is 1. The summed E-state index contributed by atoms with van der Waals surface area (Å²) in [7, 11) is 0. The standard InChI is InChI=1S/C22H25N3OS/c1-14-9-10-18-16(12-14)17(13-15(2)24-18)22(26)23-11-5-8-21-25-19-6-3-4-7-20(19)27-21/h9-10,12-13H,3-8,11H2,1-2H3,(H,23,26). The minimum Gasteiger partial charge on any atom is -0.352 e. The number of rotatable bonds is 5. The monoisotopic (exact) mass is 379 g/mol. The summed E-state index contributed by atoms with van der Waals surface area (Å²) in [6.45, 7) is 4.63. The largest absolute Gasteiger partial charge is 0.352 e. The summed E-state index contributed by atoms with van der Waals surface area (Å²) >= 11 is 1.86. The summed E-state index contributed by atoms with van der Waals surface area (Å²) in [6, 6.07) is 7.94. The van der Waals surface area contributed by atoms with Gasteiger partial charge in [-0.1, -0.05) is 11.6 Å². The summed E-state index contributed by atoms with van der Waals surface area (Å²) in [4.78, 5) is 23.5. The highest BCUT2D eigenvalue weighted by atomic mass is 32.1. The number of fused-ring (bicyclic) bond motifs is 2. The summed E-state index contributed by atoms with van der Waals surface area (Å²) < 4.78 is 0. The Morgan fingerprint density at radius 2 is 2.00 bits per heavy atom. The average molecular weight is 380 g/mol. The van der Waals surface area contributed by atoms with Gasteiger partial charge in [-0.3, -0.25) is 9.78 Å². The van der Waals surface area contributed by atoms with Crippen LogP contribution in [-0.4, -0.2) is 22.4 Å². The first-order valence-electron chi connectivity index (χ1n) is 9.74. The zero-order valence-electron chi connectivity index (χ0n) is 16.0. The van der Waals surface area contributed by atoms with Gasteiger partial charge < -0.3 is 5.32 Å². The second kappa shape index (κ2) is 7.77. The second-order valence-corrected chi connectivity index (χ2v) is 8.54. The molecule has 0 unspecified atom stereocenters. The highest BCUT2D eigenvalue weighted by Gasteiger charge is 2.15. The van der Waals surface area contributed by atoms with Crippen molar-refractivity contribution < 1.29 is 4.79 Å². The van der Waals surface area contributed by atoms with Crippen LogP contribution in [0.5, 0.6) is 0 Å². The van der Waals surface area contributed by atoms with Crippen LogP contribution in [0.3, 0.4) is 0 Å². The van der Waals surface area contributed by atoms with Crippen LogP contribution in [0.15, 0.2) is 24.3 Å². The van der Waals surface area contributed by atoms with Crippen LogP contribution in [0.1, 0.15) is 56.5 Å². The van der Waals surface area contributed by atoms with E-state index in [-0.39, 0.29) is 5.91 Å². The van der Waals surface area contributed by atoms with Gasteiger partial charge in [-0.15, -0.1) is 11.3 Å². The van der Waals surface area contributed by atoms with Gasteiger partial charge in [0.2, 0.25) is 0 Å². The smallest absolute Gasteiger partial charge is 0.252 e. The number of carbonyl (C=O) groups is 1. The van der Waals surface area contributed by atoms with Crippen molar-refractivity contribution >= 4 is 28.1 Å². The molecule has 0 fully saturated rings. The molecule has 140 valence electrons. The molecule has 2 heterocycles. The molecule has 1 amide bonds. The lowest BCUT2D eigenvalue weighted by Gasteiger charge is -2.09. The van der Waals surface area contributed by atoms with Crippen molar-refractivity contribution in [1.29, 1.82) is 0 Å². The lowest BCUT2D eigenvalue weighted by Crippen LogP contribution is -2.25. The Morgan fingerprint density at radius 3 is 2.85 bits per heavy atom. The van der Waals surface area contributed by atoms with E-state index in [2.05, 4.69) is 10.3 Å². The molecule has 1 aliphatic carbocycles. The molecule has 0 aliphatic heterocycles. The first-order chi connectivity index (χ1) is 13.1. The molecule has 1 N–H and O–H groups in total. The van der Waals surface area contributed by atoms with Gasteiger partial charge in [-0.05, 0) is 64.2 Å². The molecule has 2 aromatic heterocycles. The summed E-state index contributed by atoms with van der Waals surface area (Å²) in [5, 5.41) is 5.22. The molecular formula is C22H25N3OS. The molecule has 1 aliphatic rings. The first kappa shape index (κ1) is 18.1. The van der Waals surface area contributed by atoms with Crippen molar-refractivity contribution in [2.24, 2.45) is 0 Å². The molecular weight excluding hydrogens is 354 g/mol. The van der Waals surface area contributed by atoms with Gasteiger partial charge in [0.25, 0.3) is 5.91 Å². The Balaban J connectivity index is 1.39. The molecule has 0 saturated carbocycles. The average Bonchev–Trinajstić information content (AvgIpc) is 3.07. The number of thiazole rings is 1. The Kier molecular flexibility index (Phi) is 5.21. The molecule has 4 rings (SSSR count). The van der Waals surface area contributed by atoms with Crippen LogP contribution in [-0.2, 0) is 19.3 Å². The summed E-state index contributed by atoms with van der Waals surface area (Å²) in [5.41, 5.74) is 4.91. The molecule has 0 radical (unpaired) electrons. The third kappa shape index (κ3) is 4.03. The maximum atomic E-state index is 12.7. The molecule has 0 saturated heterocycles. The van der Waals surface area contributed by atoms with Crippen LogP contribution in [0.4, 0.5) is 0 Å². The Hall–Kier alpha value is -2.27. The molecule has 0 bridgehead atoms. The Bertz CT molecular complexity index is 969. The molecule has 5 heteroatoms. The zero-order chi connectivity index (χ0) is 18.8. The van der Waals surface area contributed by atoms with Crippen LogP contribution < -0.4 is 5.32 Å². The van der Waals surface area contributed by atoms with E-state index in [4.69, 9.17) is 4.98 Å². The van der Waals surface area contributed by atoms with E-state index in [9.17, 15) is 4.79 Å². The lowest BCUT2D eigenvalue weighted by atomic mass is 10.0. The Morgan fingerprint density at radius 1 is 1.15 bits per heavy atom. The fourth-order valence-corrected chi connectivity index (χ4v) is 4.91. The maximum Gasteiger partial charge on any atom is 0.252 e. The second-order valence-electron chi connectivity index (χ2n) is 7.38. The number of hydrogen-bond acceptors (Lipinski definition) is 4. The van der Waals surface area contributed by atoms with Gasteiger partial charge in [0, 0.05) is 28.9 Å². The van der Waals surface area contributed by atoms with Gasteiger partial charge in [-0.25, -0.2) is 4.98 Å². The highest BCUT2D eigenvalue weighted by Crippen LogP contribution is 2.27. The molecule has 27 heavy (non-hydrogen) atoms. The first-order valence-corrected chi connectivity index (χ1v) is 10.6. The number of nitrogens with one attached hydrogen (secondary N) is 1. The van der Waals surface area contributed by atoms with E-state index in [1.807, 2.05) is 49.4 Å². The number of aryl methyl sites for hydroxylation is 5. The zero-order valence-corrected chi connectivity index (χ0v) is 16.8. The number of pyridine rings is 1. The predicted octanol–water partition coefficient (Wildman–Crippen LogP) is 4.55. The third-order valence-corrected chi connectivity index (χ3v) is 6.30. The minimum absolute atomic E-state index is 0.0190. The number of benzene rings is 1. The molecule has 1 aromatic carbocycles. The molecule has 0 spiro atoms. The molecule has 4 nitrogen and oxygen atoms in total. The van der Waals surface area contributed by atoms with E-state index in [1.54, 1.807) is 0 Å². The fourth-order valence-electron chi connectivity index (χ4n) is 3.71. The topological polar surface area (TPSA) is 54.9 Å². The van der Waals surface area contributed by atoms with Crippen molar-refractivity contribution in [2.45, 2.75) is 52.4 Å². The van der Waals surface area contributed by atoms with E-state index < -0.39 is 0 Å². The van der Waals surface area contributed by atoms with Crippen LogP contribution in [0.25, 0.3) is 10.9 Å². The number of aromatic nitrogens is 2. The van der Waals surface area contributed by atoms with E-state index in [0.717, 1.165) is 41.4 Å². The maximum absolute atomic E-state index is 12.7. The number of amides is 1. The van der Waals surface area contributed by atoms with E-state index >= 15 is 0 Å². The highest BCUT2D eigenvalue weighted by molar-refractivity contribution is 7.11. The van der Waals surface area contributed by atoms with Crippen molar-refractivity contribution in [3.05, 3.63) is 56.7 Å². The SMILES string of the molecule is Cc1ccc2nc(C)cc(C(=O)NCCCc3nc4c(s3)CCCC4)c2c1. The summed E-state index contributed by atoms with van der Waals surface area (Å²) in [5.74, 6) is -0.0190. The van der Waals surface area contributed by atoms with Crippen LogP contribution in [0, 0.1) is 13.8 Å². The van der Waals surface area contributed by atoms with E-state index in [1.165, 1.54) is 34.8 Å². The third-order valence-electron chi connectivity index (χ3n) is 5.08. The number of nitrogens with zero attached hydrogens (tertiary/aromatic N) is 2. The van der Waals surface area contributed by atoms with Crippen molar-refractivity contribution in [3.8, 4) is 0 Å². The minimum atomic E-state index is -0.0190. The van der Waals surface area contributed by atoms with Gasteiger partial charge in [0.1, 0.15) is 0 Å². The van der Waals surface area contributed by atoms with Crippen molar-refractivity contribution in [1.82, 2.24) is 15.3 Å².